The van der Waals surface area contributed by atoms with Crippen molar-refractivity contribution in [2.24, 2.45) is 0 Å². The summed E-state index contributed by atoms with van der Waals surface area (Å²) in [5.74, 6) is -1.04. The second kappa shape index (κ2) is 7.80. The van der Waals surface area contributed by atoms with Gasteiger partial charge in [-0.25, -0.2) is 13.1 Å². The van der Waals surface area contributed by atoms with Crippen LogP contribution in [-0.4, -0.2) is 39.1 Å². The van der Waals surface area contributed by atoms with Gasteiger partial charge in [0, 0.05) is 13.1 Å². The molecule has 1 rings (SSSR count). The predicted octanol–water partition coefficient (Wildman–Crippen LogP) is 1.45. The molecule has 0 unspecified atom stereocenters. The number of carboxylic acid groups (broad SMARTS) is 1. The molecule has 21 heavy (non-hydrogen) atoms. The molecule has 0 heterocycles. The van der Waals surface area contributed by atoms with Crippen molar-refractivity contribution in [2.75, 3.05) is 24.5 Å². The summed E-state index contributed by atoms with van der Waals surface area (Å²) in [4.78, 5) is 12.5. The second-order valence-electron chi connectivity index (χ2n) is 4.43. The standard InChI is InChI=1S/C14H20N2O4S/c1-3-9-15-21(19,20)13-8-6-5-7-12(13)16(10-4-2)11-14(17)18/h4-8,15H,2-3,9-11H2,1H3,(H,17,18). The van der Waals surface area contributed by atoms with Crippen LogP contribution < -0.4 is 9.62 Å². The van der Waals surface area contributed by atoms with Crippen LogP contribution in [0.2, 0.25) is 0 Å². The van der Waals surface area contributed by atoms with Crippen molar-refractivity contribution in [1.29, 1.82) is 0 Å². The van der Waals surface area contributed by atoms with Crippen LogP contribution in [0, 0.1) is 0 Å². The fourth-order valence-corrected chi connectivity index (χ4v) is 3.19. The first-order chi connectivity index (χ1) is 9.92. The molecule has 0 aromatic heterocycles. The maximum Gasteiger partial charge on any atom is 0.323 e. The summed E-state index contributed by atoms with van der Waals surface area (Å²) < 4.78 is 27.1. The molecule has 0 saturated heterocycles. The van der Waals surface area contributed by atoms with Gasteiger partial charge in [0.25, 0.3) is 0 Å². The molecule has 116 valence electrons. The van der Waals surface area contributed by atoms with Crippen LogP contribution >= 0.6 is 0 Å². The van der Waals surface area contributed by atoms with Gasteiger partial charge in [-0.05, 0) is 18.6 Å². The molecule has 6 nitrogen and oxygen atoms in total. The van der Waals surface area contributed by atoms with Crippen molar-refractivity contribution in [1.82, 2.24) is 4.72 Å². The molecule has 0 atom stereocenters. The van der Waals surface area contributed by atoms with Crippen LogP contribution in [0.3, 0.4) is 0 Å². The zero-order valence-corrected chi connectivity index (χ0v) is 12.8. The van der Waals surface area contributed by atoms with Gasteiger partial charge in [-0.3, -0.25) is 4.79 Å². The van der Waals surface area contributed by atoms with Crippen molar-refractivity contribution in [2.45, 2.75) is 18.2 Å². The Morgan fingerprint density at radius 2 is 2.10 bits per heavy atom. The first-order valence-electron chi connectivity index (χ1n) is 6.58. The van der Waals surface area contributed by atoms with E-state index < -0.39 is 16.0 Å². The van der Waals surface area contributed by atoms with E-state index in [4.69, 9.17) is 5.11 Å². The average Bonchev–Trinajstić information content (AvgIpc) is 2.44. The topological polar surface area (TPSA) is 86.7 Å². The number of benzene rings is 1. The van der Waals surface area contributed by atoms with E-state index in [-0.39, 0.29) is 18.0 Å². The van der Waals surface area contributed by atoms with Crippen LogP contribution in [0.15, 0.2) is 41.8 Å². The lowest BCUT2D eigenvalue weighted by Gasteiger charge is -2.23. The SMILES string of the molecule is C=CCN(CC(=O)O)c1ccccc1S(=O)(=O)NCCC. The quantitative estimate of drug-likeness (QED) is 0.674. The Morgan fingerprint density at radius 3 is 2.67 bits per heavy atom. The number of carbonyl (C=O) groups is 1. The molecule has 0 spiro atoms. The predicted molar refractivity (Wildman–Crippen MR) is 82.0 cm³/mol. The Labute approximate surface area is 125 Å². The van der Waals surface area contributed by atoms with Crippen LogP contribution in [0.5, 0.6) is 0 Å². The van der Waals surface area contributed by atoms with E-state index >= 15 is 0 Å². The van der Waals surface area contributed by atoms with Gasteiger partial charge in [-0.2, -0.15) is 0 Å². The first-order valence-corrected chi connectivity index (χ1v) is 8.07. The van der Waals surface area contributed by atoms with Crippen LogP contribution in [0.4, 0.5) is 5.69 Å². The van der Waals surface area contributed by atoms with E-state index in [0.717, 1.165) is 0 Å². The minimum Gasteiger partial charge on any atom is -0.480 e. The largest absolute Gasteiger partial charge is 0.480 e. The van der Waals surface area contributed by atoms with Crippen LogP contribution in [-0.2, 0) is 14.8 Å². The number of hydrogen-bond donors (Lipinski definition) is 2. The number of sulfonamides is 1. The summed E-state index contributed by atoms with van der Waals surface area (Å²) >= 11 is 0. The number of para-hydroxylation sites is 1. The second-order valence-corrected chi connectivity index (χ2v) is 6.16. The molecule has 1 aromatic carbocycles. The molecule has 0 amide bonds. The fourth-order valence-electron chi connectivity index (χ4n) is 1.83. The molecular formula is C14H20N2O4S. The number of anilines is 1. The fraction of sp³-hybridized carbons (Fsp3) is 0.357. The summed E-state index contributed by atoms with van der Waals surface area (Å²) in [6, 6.07) is 6.33. The maximum atomic E-state index is 12.3. The average molecular weight is 312 g/mol. The van der Waals surface area contributed by atoms with Gasteiger partial charge in [0.15, 0.2) is 0 Å². The van der Waals surface area contributed by atoms with E-state index in [1.54, 1.807) is 18.2 Å². The number of nitrogens with one attached hydrogen (secondary N) is 1. The van der Waals surface area contributed by atoms with E-state index in [2.05, 4.69) is 11.3 Å². The lowest BCUT2D eigenvalue weighted by molar-refractivity contribution is -0.135. The zero-order valence-electron chi connectivity index (χ0n) is 11.9. The molecule has 0 fully saturated rings. The molecule has 0 bridgehead atoms. The summed E-state index contributed by atoms with van der Waals surface area (Å²) in [6.07, 6.45) is 2.21. The van der Waals surface area contributed by atoms with Gasteiger partial charge in [-0.1, -0.05) is 25.1 Å². The normalized spacial score (nSPS) is 11.1. The van der Waals surface area contributed by atoms with Crippen molar-refractivity contribution >= 4 is 21.7 Å². The molecule has 0 aliphatic heterocycles. The molecule has 1 aromatic rings. The molecule has 0 aliphatic carbocycles. The van der Waals surface area contributed by atoms with E-state index in [1.807, 2.05) is 6.92 Å². The molecule has 7 heteroatoms. The van der Waals surface area contributed by atoms with E-state index in [0.29, 0.717) is 18.7 Å². The number of carboxylic acids is 1. The third-order valence-corrected chi connectivity index (χ3v) is 4.22. The first kappa shape index (κ1) is 17.2. The highest BCUT2D eigenvalue weighted by Gasteiger charge is 2.21. The smallest absolute Gasteiger partial charge is 0.323 e. The number of rotatable bonds is 9. The Bertz CT molecular complexity index is 599. The Hall–Kier alpha value is -1.86. The molecule has 0 saturated carbocycles. The summed E-state index contributed by atoms with van der Waals surface area (Å²) in [5, 5.41) is 8.97. The Balaban J connectivity index is 3.23. The minimum absolute atomic E-state index is 0.0709. The monoisotopic (exact) mass is 312 g/mol. The van der Waals surface area contributed by atoms with E-state index in [9.17, 15) is 13.2 Å². The van der Waals surface area contributed by atoms with Gasteiger partial charge in [-0.15, -0.1) is 6.58 Å². The Kier molecular flexibility index (Phi) is 6.39. The van der Waals surface area contributed by atoms with Crippen molar-refractivity contribution < 1.29 is 18.3 Å². The minimum atomic E-state index is -3.67. The highest BCUT2D eigenvalue weighted by atomic mass is 32.2. The lowest BCUT2D eigenvalue weighted by Crippen LogP contribution is -2.33. The molecule has 2 N–H and O–H groups in total. The molecule has 0 radical (unpaired) electrons. The highest BCUT2D eigenvalue weighted by molar-refractivity contribution is 7.89. The van der Waals surface area contributed by atoms with Crippen molar-refractivity contribution in [3.8, 4) is 0 Å². The molecule has 0 aliphatic rings. The van der Waals surface area contributed by atoms with E-state index in [1.165, 1.54) is 17.0 Å². The van der Waals surface area contributed by atoms with Gasteiger partial charge >= 0.3 is 5.97 Å². The van der Waals surface area contributed by atoms with Gasteiger partial charge < -0.3 is 10.0 Å². The third kappa shape index (κ3) is 4.87. The highest BCUT2D eigenvalue weighted by Crippen LogP contribution is 2.24. The van der Waals surface area contributed by atoms with Gasteiger partial charge in [0.2, 0.25) is 10.0 Å². The third-order valence-electron chi connectivity index (χ3n) is 2.71. The van der Waals surface area contributed by atoms with Crippen LogP contribution in [0.1, 0.15) is 13.3 Å². The van der Waals surface area contributed by atoms with Crippen molar-refractivity contribution in [3.63, 3.8) is 0 Å². The number of aliphatic carboxylic acids is 1. The number of hydrogen-bond acceptors (Lipinski definition) is 4. The lowest BCUT2D eigenvalue weighted by atomic mass is 10.3. The summed E-state index contributed by atoms with van der Waals surface area (Å²) in [7, 11) is -3.67. The number of nitrogens with zero attached hydrogens (tertiary/aromatic N) is 1. The van der Waals surface area contributed by atoms with Gasteiger partial charge in [0.1, 0.15) is 11.4 Å². The zero-order chi connectivity index (χ0) is 15.9. The maximum absolute atomic E-state index is 12.3. The molecular weight excluding hydrogens is 292 g/mol. The summed E-state index contributed by atoms with van der Waals surface area (Å²) in [5.41, 5.74) is 0.350. The Morgan fingerprint density at radius 1 is 1.43 bits per heavy atom. The summed E-state index contributed by atoms with van der Waals surface area (Å²) in [6.45, 7) is 5.71. The van der Waals surface area contributed by atoms with Gasteiger partial charge in [0.05, 0.1) is 5.69 Å². The van der Waals surface area contributed by atoms with Crippen LogP contribution in [0.25, 0.3) is 0 Å². The van der Waals surface area contributed by atoms with Crippen molar-refractivity contribution in [3.05, 3.63) is 36.9 Å².